The van der Waals surface area contributed by atoms with Gasteiger partial charge in [-0.05, 0) is 13.1 Å². The molecule has 0 saturated carbocycles. The standard InChI is InChI=1S/C11H27N3/c1-5-14(6-2)10-9-12-7-8-13-11(3)4/h11-13H,5-10H2,1-4H3. The van der Waals surface area contributed by atoms with Gasteiger partial charge in [0.05, 0.1) is 0 Å². The monoisotopic (exact) mass is 201 g/mol. The van der Waals surface area contributed by atoms with Crippen LogP contribution in [0.1, 0.15) is 27.7 Å². The summed E-state index contributed by atoms with van der Waals surface area (Å²) in [5.41, 5.74) is 0. The number of hydrogen-bond acceptors (Lipinski definition) is 3. The summed E-state index contributed by atoms with van der Waals surface area (Å²) in [5, 5.41) is 6.82. The number of nitrogens with one attached hydrogen (secondary N) is 2. The van der Waals surface area contributed by atoms with Gasteiger partial charge in [0.25, 0.3) is 0 Å². The van der Waals surface area contributed by atoms with Gasteiger partial charge < -0.3 is 15.5 Å². The van der Waals surface area contributed by atoms with E-state index in [0.717, 1.165) is 39.3 Å². The summed E-state index contributed by atoms with van der Waals surface area (Å²) in [4.78, 5) is 2.43. The average molecular weight is 201 g/mol. The molecule has 0 bridgehead atoms. The van der Waals surface area contributed by atoms with Crippen molar-refractivity contribution in [3.05, 3.63) is 0 Å². The average Bonchev–Trinajstić information content (AvgIpc) is 2.16. The Bertz CT molecular complexity index is 111. The Hall–Kier alpha value is -0.120. The van der Waals surface area contributed by atoms with Crippen molar-refractivity contribution in [3.63, 3.8) is 0 Å². The number of rotatable bonds is 9. The lowest BCUT2D eigenvalue weighted by molar-refractivity contribution is 0.302. The lowest BCUT2D eigenvalue weighted by atomic mass is 10.4. The van der Waals surface area contributed by atoms with Gasteiger partial charge in [-0.15, -0.1) is 0 Å². The van der Waals surface area contributed by atoms with Crippen LogP contribution in [0.4, 0.5) is 0 Å². The third-order valence-electron chi connectivity index (χ3n) is 2.35. The molecule has 0 radical (unpaired) electrons. The highest BCUT2D eigenvalue weighted by molar-refractivity contribution is 4.58. The van der Waals surface area contributed by atoms with Crippen molar-refractivity contribution in [2.24, 2.45) is 0 Å². The maximum Gasteiger partial charge on any atom is 0.0107 e. The molecule has 0 aliphatic carbocycles. The molecule has 0 spiro atoms. The molecule has 0 aromatic heterocycles. The highest BCUT2D eigenvalue weighted by Crippen LogP contribution is 1.83. The second-order valence-corrected chi connectivity index (χ2v) is 3.89. The van der Waals surface area contributed by atoms with E-state index in [0.29, 0.717) is 6.04 Å². The largest absolute Gasteiger partial charge is 0.314 e. The van der Waals surface area contributed by atoms with Gasteiger partial charge in [0.2, 0.25) is 0 Å². The Labute approximate surface area is 89.2 Å². The molecule has 14 heavy (non-hydrogen) atoms. The fourth-order valence-electron chi connectivity index (χ4n) is 1.35. The number of likely N-dealkylation sites (N-methyl/N-ethyl adjacent to an activating group) is 1. The van der Waals surface area contributed by atoms with Crippen LogP contribution in [-0.4, -0.2) is 50.2 Å². The molecule has 0 aliphatic rings. The van der Waals surface area contributed by atoms with Gasteiger partial charge in [0.1, 0.15) is 0 Å². The lowest BCUT2D eigenvalue weighted by Crippen LogP contribution is -2.36. The normalized spacial score (nSPS) is 11.6. The van der Waals surface area contributed by atoms with Gasteiger partial charge in [-0.3, -0.25) is 0 Å². The van der Waals surface area contributed by atoms with Gasteiger partial charge in [0.15, 0.2) is 0 Å². The second kappa shape index (κ2) is 9.44. The van der Waals surface area contributed by atoms with Crippen molar-refractivity contribution in [1.29, 1.82) is 0 Å². The molecule has 0 unspecified atom stereocenters. The number of nitrogens with zero attached hydrogens (tertiary/aromatic N) is 1. The summed E-state index contributed by atoms with van der Waals surface area (Å²) in [6, 6.07) is 0.597. The smallest absolute Gasteiger partial charge is 0.0107 e. The maximum atomic E-state index is 3.44. The minimum atomic E-state index is 0.597. The van der Waals surface area contributed by atoms with Crippen LogP contribution in [0.15, 0.2) is 0 Å². The lowest BCUT2D eigenvalue weighted by Gasteiger charge is -2.18. The minimum Gasteiger partial charge on any atom is -0.314 e. The van der Waals surface area contributed by atoms with E-state index in [2.05, 4.69) is 43.2 Å². The highest BCUT2D eigenvalue weighted by Gasteiger charge is 1.97. The first kappa shape index (κ1) is 13.9. The summed E-state index contributed by atoms with van der Waals surface area (Å²) < 4.78 is 0. The van der Waals surface area contributed by atoms with Crippen LogP contribution in [-0.2, 0) is 0 Å². The van der Waals surface area contributed by atoms with E-state index in [4.69, 9.17) is 0 Å². The minimum absolute atomic E-state index is 0.597. The molecule has 0 aromatic carbocycles. The van der Waals surface area contributed by atoms with E-state index < -0.39 is 0 Å². The van der Waals surface area contributed by atoms with Crippen LogP contribution in [0, 0.1) is 0 Å². The topological polar surface area (TPSA) is 27.3 Å². The van der Waals surface area contributed by atoms with Crippen LogP contribution >= 0.6 is 0 Å². The molecule has 0 aromatic rings. The van der Waals surface area contributed by atoms with Crippen LogP contribution in [0.5, 0.6) is 0 Å². The van der Waals surface area contributed by atoms with Crippen LogP contribution in [0.3, 0.4) is 0 Å². The van der Waals surface area contributed by atoms with Crippen LogP contribution in [0.2, 0.25) is 0 Å². The third kappa shape index (κ3) is 8.48. The Balaban J connectivity index is 3.12. The molecule has 3 nitrogen and oxygen atoms in total. The van der Waals surface area contributed by atoms with Gasteiger partial charge in [0, 0.05) is 32.2 Å². The zero-order valence-electron chi connectivity index (χ0n) is 10.3. The number of hydrogen-bond donors (Lipinski definition) is 2. The van der Waals surface area contributed by atoms with Gasteiger partial charge in [-0.1, -0.05) is 27.7 Å². The van der Waals surface area contributed by atoms with Crippen molar-refractivity contribution in [3.8, 4) is 0 Å². The van der Waals surface area contributed by atoms with Crippen LogP contribution in [0.25, 0.3) is 0 Å². The molecular formula is C11H27N3. The summed E-state index contributed by atoms with van der Waals surface area (Å²) in [5.74, 6) is 0. The molecular weight excluding hydrogens is 174 g/mol. The molecule has 86 valence electrons. The van der Waals surface area contributed by atoms with Crippen molar-refractivity contribution in [1.82, 2.24) is 15.5 Å². The van der Waals surface area contributed by atoms with E-state index in [1.807, 2.05) is 0 Å². The van der Waals surface area contributed by atoms with E-state index in [9.17, 15) is 0 Å². The van der Waals surface area contributed by atoms with Crippen molar-refractivity contribution in [2.45, 2.75) is 33.7 Å². The SMILES string of the molecule is CCN(CC)CCNCCNC(C)C. The molecule has 0 amide bonds. The predicted octanol–water partition coefficient (Wildman–Crippen LogP) is 0.916. The first-order valence-corrected chi connectivity index (χ1v) is 5.87. The Morgan fingerprint density at radius 2 is 1.64 bits per heavy atom. The summed E-state index contributed by atoms with van der Waals surface area (Å²) in [7, 11) is 0. The fourth-order valence-corrected chi connectivity index (χ4v) is 1.35. The molecule has 0 rings (SSSR count). The zero-order chi connectivity index (χ0) is 10.8. The van der Waals surface area contributed by atoms with E-state index >= 15 is 0 Å². The Morgan fingerprint density at radius 1 is 1.00 bits per heavy atom. The van der Waals surface area contributed by atoms with E-state index in [1.165, 1.54) is 0 Å². The van der Waals surface area contributed by atoms with Crippen molar-refractivity contribution < 1.29 is 0 Å². The van der Waals surface area contributed by atoms with E-state index in [-0.39, 0.29) is 0 Å². The molecule has 0 aliphatic heterocycles. The molecule has 0 heterocycles. The summed E-state index contributed by atoms with van der Waals surface area (Å²) in [6.45, 7) is 15.5. The molecule has 0 saturated heterocycles. The van der Waals surface area contributed by atoms with Gasteiger partial charge in [-0.25, -0.2) is 0 Å². The van der Waals surface area contributed by atoms with Crippen LogP contribution < -0.4 is 10.6 Å². The zero-order valence-corrected chi connectivity index (χ0v) is 10.3. The van der Waals surface area contributed by atoms with E-state index in [1.54, 1.807) is 0 Å². The quantitative estimate of drug-likeness (QED) is 0.543. The Morgan fingerprint density at radius 3 is 2.14 bits per heavy atom. The molecule has 2 N–H and O–H groups in total. The molecule has 0 atom stereocenters. The fraction of sp³-hybridized carbons (Fsp3) is 1.00. The van der Waals surface area contributed by atoms with Crippen molar-refractivity contribution in [2.75, 3.05) is 39.3 Å². The molecule has 0 fully saturated rings. The third-order valence-corrected chi connectivity index (χ3v) is 2.35. The highest BCUT2D eigenvalue weighted by atomic mass is 15.1. The summed E-state index contributed by atoms with van der Waals surface area (Å²) in [6.07, 6.45) is 0. The second-order valence-electron chi connectivity index (χ2n) is 3.89. The van der Waals surface area contributed by atoms with Gasteiger partial charge >= 0.3 is 0 Å². The van der Waals surface area contributed by atoms with Crippen molar-refractivity contribution >= 4 is 0 Å². The predicted molar refractivity (Wildman–Crippen MR) is 63.8 cm³/mol. The molecule has 3 heteroatoms. The van der Waals surface area contributed by atoms with Gasteiger partial charge in [-0.2, -0.15) is 0 Å². The Kier molecular flexibility index (Phi) is 9.35. The first-order chi connectivity index (χ1) is 6.70. The summed E-state index contributed by atoms with van der Waals surface area (Å²) >= 11 is 0. The first-order valence-electron chi connectivity index (χ1n) is 5.87. The maximum absolute atomic E-state index is 3.44.